The summed E-state index contributed by atoms with van der Waals surface area (Å²) in [6.07, 6.45) is 0.0273. The number of anilines is 2. The van der Waals surface area contributed by atoms with Crippen molar-refractivity contribution in [2.45, 2.75) is 20.3 Å². The zero-order chi connectivity index (χ0) is 15.0. The summed E-state index contributed by atoms with van der Waals surface area (Å²) in [6, 6.07) is 9.96. The molecule has 0 saturated heterocycles. The van der Waals surface area contributed by atoms with Crippen LogP contribution in [0.3, 0.4) is 0 Å². The van der Waals surface area contributed by atoms with Gasteiger partial charge in [-0.05, 0) is 38.1 Å². The summed E-state index contributed by atoms with van der Waals surface area (Å²) in [7, 11) is 0. The highest BCUT2D eigenvalue weighted by Gasteiger charge is 2.09. The van der Waals surface area contributed by atoms with Gasteiger partial charge in [-0.15, -0.1) is 0 Å². The van der Waals surface area contributed by atoms with Crippen molar-refractivity contribution in [3.63, 3.8) is 0 Å². The van der Waals surface area contributed by atoms with Crippen molar-refractivity contribution in [3.05, 3.63) is 24.3 Å². The Morgan fingerprint density at radius 1 is 1.15 bits per heavy atom. The number of carboxylic acids is 1. The first-order valence-electron chi connectivity index (χ1n) is 6.81. The van der Waals surface area contributed by atoms with Crippen LogP contribution in [0.4, 0.5) is 11.4 Å². The Hall–Kier alpha value is -2.22. The van der Waals surface area contributed by atoms with Gasteiger partial charge in [0.1, 0.15) is 6.54 Å². The van der Waals surface area contributed by atoms with E-state index in [0.29, 0.717) is 6.54 Å². The predicted octanol–water partition coefficient (Wildman–Crippen LogP) is 2.34. The molecule has 0 aliphatic rings. The third kappa shape index (κ3) is 4.47. The molecule has 1 N–H and O–H groups in total. The van der Waals surface area contributed by atoms with Gasteiger partial charge in [-0.2, -0.15) is 5.26 Å². The van der Waals surface area contributed by atoms with Gasteiger partial charge in [0.2, 0.25) is 0 Å². The molecule has 0 atom stereocenters. The second-order valence-electron chi connectivity index (χ2n) is 4.41. The topological polar surface area (TPSA) is 67.6 Å². The molecule has 1 aromatic carbocycles. The van der Waals surface area contributed by atoms with Crippen LogP contribution in [0.2, 0.25) is 0 Å². The lowest BCUT2D eigenvalue weighted by Crippen LogP contribution is -2.26. The Balaban J connectivity index is 2.82. The van der Waals surface area contributed by atoms with Gasteiger partial charge >= 0.3 is 5.97 Å². The van der Waals surface area contributed by atoms with E-state index in [1.54, 1.807) is 4.90 Å². The van der Waals surface area contributed by atoms with Gasteiger partial charge in [0.15, 0.2) is 0 Å². The van der Waals surface area contributed by atoms with Gasteiger partial charge in [-0.25, -0.2) is 0 Å². The van der Waals surface area contributed by atoms with Crippen molar-refractivity contribution in [2.24, 2.45) is 0 Å². The molecule has 0 bridgehead atoms. The van der Waals surface area contributed by atoms with Gasteiger partial charge in [-0.1, -0.05) is 0 Å². The minimum atomic E-state index is -0.854. The van der Waals surface area contributed by atoms with Crippen molar-refractivity contribution in [2.75, 3.05) is 36.0 Å². The number of carbonyl (C=O) groups is 1. The van der Waals surface area contributed by atoms with E-state index in [4.69, 9.17) is 10.4 Å². The van der Waals surface area contributed by atoms with Crippen molar-refractivity contribution in [1.29, 1.82) is 5.26 Å². The number of carboxylic acid groups (broad SMARTS) is 1. The fourth-order valence-corrected chi connectivity index (χ4v) is 2.08. The van der Waals surface area contributed by atoms with Gasteiger partial charge < -0.3 is 14.9 Å². The molecule has 0 aliphatic heterocycles. The average molecular weight is 275 g/mol. The van der Waals surface area contributed by atoms with Gasteiger partial charge in [-0.3, -0.25) is 4.79 Å². The molecule has 0 aliphatic carbocycles. The molecule has 20 heavy (non-hydrogen) atoms. The zero-order valence-electron chi connectivity index (χ0n) is 12.0. The average Bonchev–Trinajstić information content (AvgIpc) is 2.45. The maximum atomic E-state index is 10.6. The molecule has 0 unspecified atom stereocenters. The summed E-state index contributed by atoms with van der Waals surface area (Å²) >= 11 is 0. The molecule has 0 aromatic heterocycles. The highest BCUT2D eigenvalue weighted by molar-refractivity contribution is 5.68. The van der Waals surface area contributed by atoms with Gasteiger partial charge in [0, 0.05) is 31.0 Å². The highest BCUT2D eigenvalue weighted by atomic mass is 16.4. The Labute approximate surface area is 120 Å². The van der Waals surface area contributed by atoms with E-state index in [-0.39, 0.29) is 13.0 Å². The molecule has 0 spiro atoms. The SMILES string of the molecule is CCN(CC)c1ccc(N(CC#N)CCC(=O)O)cc1. The Morgan fingerprint density at radius 3 is 2.05 bits per heavy atom. The van der Waals surface area contributed by atoms with E-state index >= 15 is 0 Å². The third-order valence-corrected chi connectivity index (χ3v) is 3.20. The molecular formula is C15H21N3O2. The van der Waals surface area contributed by atoms with Crippen LogP contribution in [0.25, 0.3) is 0 Å². The summed E-state index contributed by atoms with van der Waals surface area (Å²) < 4.78 is 0. The van der Waals surface area contributed by atoms with Crippen LogP contribution in [0.15, 0.2) is 24.3 Å². The number of nitriles is 1. The predicted molar refractivity (Wildman–Crippen MR) is 80.1 cm³/mol. The molecule has 0 fully saturated rings. The molecule has 1 aromatic rings. The van der Waals surface area contributed by atoms with Crippen LogP contribution in [0.1, 0.15) is 20.3 Å². The molecule has 0 radical (unpaired) electrons. The lowest BCUT2D eigenvalue weighted by Gasteiger charge is -2.24. The van der Waals surface area contributed by atoms with Crippen molar-refractivity contribution >= 4 is 17.3 Å². The van der Waals surface area contributed by atoms with Crippen molar-refractivity contribution in [1.82, 2.24) is 0 Å². The monoisotopic (exact) mass is 275 g/mol. The Kier molecular flexibility index (Phi) is 6.38. The van der Waals surface area contributed by atoms with Gasteiger partial charge in [0.05, 0.1) is 12.5 Å². The Morgan fingerprint density at radius 2 is 1.65 bits per heavy atom. The van der Waals surface area contributed by atoms with Crippen molar-refractivity contribution in [3.8, 4) is 6.07 Å². The smallest absolute Gasteiger partial charge is 0.305 e. The first-order valence-corrected chi connectivity index (χ1v) is 6.81. The third-order valence-electron chi connectivity index (χ3n) is 3.20. The normalized spacial score (nSPS) is 9.85. The summed E-state index contributed by atoms with van der Waals surface area (Å²) in [6.45, 7) is 6.62. The molecule has 0 heterocycles. The summed E-state index contributed by atoms with van der Waals surface area (Å²) in [5.74, 6) is -0.854. The van der Waals surface area contributed by atoms with E-state index in [0.717, 1.165) is 24.5 Å². The molecule has 0 amide bonds. The first kappa shape index (κ1) is 15.8. The maximum absolute atomic E-state index is 10.6. The standard InChI is InChI=1S/C15H21N3O2/c1-3-17(4-2)13-5-7-14(8-6-13)18(12-10-16)11-9-15(19)20/h5-8H,3-4,9,11-12H2,1-2H3,(H,19,20). The lowest BCUT2D eigenvalue weighted by atomic mass is 10.2. The summed E-state index contributed by atoms with van der Waals surface area (Å²) in [5.41, 5.74) is 2.01. The molecule has 5 nitrogen and oxygen atoms in total. The highest BCUT2D eigenvalue weighted by Crippen LogP contribution is 2.20. The van der Waals surface area contributed by atoms with Crippen LogP contribution in [0, 0.1) is 11.3 Å². The number of aliphatic carboxylic acids is 1. The van der Waals surface area contributed by atoms with Crippen LogP contribution in [0.5, 0.6) is 0 Å². The molecular weight excluding hydrogens is 254 g/mol. The van der Waals surface area contributed by atoms with E-state index in [1.807, 2.05) is 24.3 Å². The van der Waals surface area contributed by atoms with E-state index in [9.17, 15) is 4.79 Å². The minimum absolute atomic E-state index is 0.0273. The fourth-order valence-electron chi connectivity index (χ4n) is 2.08. The first-order chi connectivity index (χ1) is 9.62. The molecule has 108 valence electrons. The minimum Gasteiger partial charge on any atom is -0.481 e. The second-order valence-corrected chi connectivity index (χ2v) is 4.41. The van der Waals surface area contributed by atoms with Crippen LogP contribution in [-0.4, -0.2) is 37.3 Å². The van der Waals surface area contributed by atoms with E-state index in [1.165, 1.54) is 0 Å². The maximum Gasteiger partial charge on any atom is 0.305 e. The largest absolute Gasteiger partial charge is 0.481 e. The fraction of sp³-hybridized carbons (Fsp3) is 0.467. The molecule has 5 heteroatoms. The van der Waals surface area contributed by atoms with Crippen LogP contribution >= 0.6 is 0 Å². The summed E-state index contributed by atoms with van der Waals surface area (Å²) in [4.78, 5) is 14.7. The number of nitrogens with zero attached hydrogens (tertiary/aromatic N) is 3. The van der Waals surface area contributed by atoms with Gasteiger partial charge in [0.25, 0.3) is 0 Å². The Bertz CT molecular complexity index is 461. The van der Waals surface area contributed by atoms with Crippen LogP contribution < -0.4 is 9.80 Å². The molecule has 1 rings (SSSR count). The molecule has 0 saturated carbocycles. The number of hydrogen-bond donors (Lipinski definition) is 1. The van der Waals surface area contributed by atoms with Crippen LogP contribution in [-0.2, 0) is 4.79 Å². The van der Waals surface area contributed by atoms with E-state index in [2.05, 4.69) is 24.8 Å². The lowest BCUT2D eigenvalue weighted by molar-refractivity contribution is -0.136. The summed E-state index contributed by atoms with van der Waals surface area (Å²) in [5, 5.41) is 17.6. The quantitative estimate of drug-likeness (QED) is 0.737. The zero-order valence-corrected chi connectivity index (χ0v) is 12.0. The number of rotatable bonds is 8. The number of hydrogen-bond acceptors (Lipinski definition) is 4. The second kappa shape index (κ2) is 8.05. The number of benzene rings is 1. The van der Waals surface area contributed by atoms with Crippen molar-refractivity contribution < 1.29 is 9.90 Å². The van der Waals surface area contributed by atoms with E-state index < -0.39 is 5.97 Å².